The van der Waals surface area contributed by atoms with E-state index in [0.717, 1.165) is 20.3 Å². The molecule has 0 fully saturated rings. The number of carbonyl (C=O) groups excluding carboxylic acids is 1. The van der Waals surface area contributed by atoms with Crippen LogP contribution in [0.3, 0.4) is 0 Å². The smallest absolute Gasteiger partial charge is 0.427 e. The van der Waals surface area contributed by atoms with E-state index in [-0.39, 0.29) is 0 Å². The molecule has 0 aromatic carbocycles. The standard InChI is InChI=1S/C9H16F3NO2/c1-4-5-6-13-7(14)15-8(2,3)9(10,11)12/h4-6H2,1-3H3,(H,13,14). The number of amides is 1. The van der Waals surface area contributed by atoms with E-state index in [0.29, 0.717) is 13.0 Å². The number of nitrogens with one attached hydrogen (secondary N) is 1. The Morgan fingerprint density at radius 3 is 2.27 bits per heavy atom. The predicted molar refractivity (Wildman–Crippen MR) is 49.5 cm³/mol. The molecule has 15 heavy (non-hydrogen) atoms. The number of alkyl halides is 3. The Bertz CT molecular complexity index is 214. The number of ether oxygens (including phenoxy) is 1. The van der Waals surface area contributed by atoms with Crippen LogP contribution in [0.1, 0.15) is 33.6 Å². The SMILES string of the molecule is CCCCNC(=O)OC(C)(C)C(F)(F)F. The molecular weight excluding hydrogens is 211 g/mol. The Morgan fingerprint density at radius 2 is 1.87 bits per heavy atom. The van der Waals surface area contributed by atoms with Crippen molar-refractivity contribution in [3.63, 3.8) is 0 Å². The van der Waals surface area contributed by atoms with E-state index in [1.807, 2.05) is 6.92 Å². The monoisotopic (exact) mass is 227 g/mol. The predicted octanol–water partition coefficient (Wildman–Crippen LogP) is 2.85. The van der Waals surface area contributed by atoms with Gasteiger partial charge in [0, 0.05) is 6.54 Å². The second-order valence-corrected chi connectivity index (χ2v) is 3.68. The summed E-state index contributed by atoms with van der Waals surface area (Å²) in [6.07, 6.45) is -4.04. The summed E-state index contributed by atoms with van der Waals surface area (Å²) in [7, 11) is 0. The highest BCUT2D eigenvalue weighted by Crippen LogP contribution is 2.32. The van der Waals surface area contributed by atoms with Crippen molar-refractivity contribution >= 4 is 6.09 Å². The molecule has 0 rings (SSSR count). The molecule has 0 bridgehead atoms. The Labute approximate surface area is 87.0 Å². The van der Waals surface area contributed by atoms with Gasteiger partial charge in [0.1, 0.15) is 0 Å². The number of hydrogen-bond acceptors (Lipinski definition) is 2. The van der Waals surface area contributed by atoms with E-state index >= 15 is 0 Å². The minimum atomic E-state index is -4.56. The van der Waals surface area contributed by atoms with E-state index in [2.05, 4.69) is 10.1 Å². The van der Waals surface area contributed by atoms with Gasteiger partial charge in [0.2, 0.25) is 5.60 Å². The van der Waals surface area contributed by atoms with Crippen LogP contribution in [-0.4, -0.2) is 24.4 Å². The number of unbranched alkanes of at least 4 members (excludes halogenated alkanes) is 1. The number of carbonyl (C=O) groups is 1. The normalized spacial score (nSPS) is 12.4. The third kappa shape index (κ3) is 4.90. The summed E-state index contributed by atoms with van der Waals surface area (Å²) in [5.41, 5.74) is -2.46. The maximum atomic E-state index is 12.3. The van der Waals surface area contributed by atoms with Crippen molar-refractivity contribution < 1.29 is 22.7 Å². The van der Waals surface area contributed by atoms with Crippen LogP contribution in [0.5, 0.6) is 0 Å². The molecule has 0 aliphatic carbocycles. The molecule has 0 atom stereocenters. The Morgan fingerprint density at radius 1 is 1.33 bits per heavy atom. The molecule has 0 radical (unpaired) electrons. The van der Waals surface area contributed by atoms with Crippen LogP contribution in [0.2, 0.25) is 0 Å². The molecule has 0 unspecified atom stereocenters. The van der Waals surface area contributed by atoms with E-state index < -0.39 is 17.9 Å². The van der Waals surface area contributed by atoms with Gasteiger partial charge in [-0.1, -0.05) is 13.3 Å². The van der Waals surface area contributed by atoms with Crippen molar-refractivity contribution in [1.82, 2.24) is 5.32 Å². The van der Waals surface area contributed by atoms with E-state index in [1.54, 1.807) is 0 Å². The van der Waals surface area contributed by atoms with Gasteiger partial charge in [0.05, 0.1) is 0 Å². The first-order chi connectivity index (χ1) is 6.70. The molecule has 0 aromatic heterocycles. The highest BCUT2D eigenvalue weighted by atomic mass is 19.4. The van der Waals surface area contributed by atoms with Crippen LogP contribution in [0.25, 0.3) is 0 Å². The van der Waals surface area contributed by atoms with Gasteiger partial charge < -0.3 is 10.1 Å². The zero-order chi connectivity index (χ0) is 12.1. The minimum Gasteiger partial charge on any atom is -0.434 e. The third-order valence-corrected chi connectivity index (χ3v) is 1.83. The van der Waals surface area contributed by atoms with Crippen LogP contribution in [-0.2, 0) is 4.74 Å². The molecule has 0 spiro atoms. The summed E-state index contributed by atoms with van der Waals surface area (Å²) in [6, 6.07) is 0. The molecule has 0 aliphatic heterocycles. The zero-order valence-electron chi connectivity index (χ0n) is 9.07. The summed E-state index contributed by atoms with van der Waals surface area (Å²) in [5, 5.41) is 2.25. The third-order valence-electron chi connectivity index (χ3n) is 1.83. The molecule has 90 valence electrons. The van der Waals surface area contributed by atoms with Crippen LogP contribution in [0, 0.1) is 0 Å². The molecule has 0 aliphatic rings. The van der Waals surface area contributed by atoms with Crippen molar-refractivity contribution in [2.75, 3.05) is 6.54 Å². The van der Waals surface area contributed by atoms with Gasteiger partial charge in [-0.05, 0) is 20.3 Å². The number of hydrogen-bond donors (Lipinski definition) is 1. The number of alkyl carbamates (subject to hydrolysis) is 1. The number of halogens is 3. The maximum Gasteiger partial charge on any atom is 0.427 e. The molecular formula is C9H16F3NO2. The largest absolute Gasteiger partial charge is 0.434 e. The Hall–Kier alpha value is -0.940. The van der Waals surface area contributed by atoms with Crippen molar-refractivity contribution in [2.45, 2.75) is 45.4 Å². The van der Waals surface area contributed by atoms with E-state index in [9.17, 15) is 18.0 Å². The second-order valence-electron chi connectivity index (χ2n) is 3.68. The van der Waals surface area contributed by atoms with Crippen LogP contribution >= 0.6 is 0 Å². The van der Waals surface area contributed by atoms with Gasteiger partial charge in [-0.2, -0.15) is 13.2 Å². The molecule has 0 heterocycles. The molecule has 1 N–H and O–H groups in total. The number of rotatable bonds is 4. The second kappa shape index (κ2) is 5.23. The molecule has 0 saturated carbocycles. The highest BCUT2D eigenvalue weighted by Gasteiger charge is 2.50. The van der Waals surface area contributed by atoms with Crippen molar-refractivity contribution in [1.29, 1.82) is 0 Å². The van der Waals surface area contributed by atoms with E-state index in [1.165, 1.54) is 0 Å². The molecule has 3 nitrogen and oxygen atoms in total. The average molecular weight is 227 g/mol. The Balaban J connectivity index is 4.06. The summed E-state index contributed by atoms with van der Waals surface area (Å²) in [5.74, 6) is 0. The van der Waals surface area contributed by atoms with Crippen molar-refractivity contribution in [3.8, 4) is 0 Å². The van der Waals surface area contributed by atoms with E-state index in [4.69, 9.17) is 0 Å². The average Bonchev–Trinajstić information content (AvgIpc) is 2.01. The maximum absolute atomic E-state index is 12.3. The fraction of sp³-hybridized carbons (Fsp3) is 0.889. The first-order valence-electron chi connectivity index (χ1n) is 4.74. The Kier molecular flexibility index (Phi) is 4.90. The van der Waals surface area contributed by atoms with Gasteiger partial charge in [-0.15, -0.1) is 0 Å². The molecule has 6 heteroatoms. The van der Waals surface area contributed by atoms with Gasteiger partial charge in [-0.3, -0.25) is 0 Å². The van der Waals surface area contributed by atoms with Crippen molar-refractivity contribution in [3.05, 3.63) is 0 Å². The lowest BCUT2D eigenvalue weighted by Crippen LogP contribution is -2.45. The lowest BCUT2D eigenvalue weighted by molar-refractivity contribution is -0.243. The molecule has 0 aromatic rings. The van der Waals surface area contributed by atoms with Gasteiger partial charge >= 0.3 is 12.3 Å². The zero-order valence-corrected chi connectivity index (χ0v) is 9.07. The lowest BCUT2D eigenvalue weighted by atomic mass is 10.1. The quantitative estimate of drug-likeness (QED) is 0.750. The van der Waals surface area contributed by atoms with Crippen LogP contribution in [0.15, 0.2) is 0 Å². The van der Waals surface area contributed by atoms with Crippen LogP contribution < -0.4 is 5.32 Å². The summed E-state index contributed by atoms with van der Waals surface area (Å²) in [4.78, 5) is 10.9. The summed E-state index contributed by atoms with van der Waals surface area (Å²) >= 11 is 0. The molecule has 1 amide bonds. The lowest BCUT2D eigenvalue weighted by Gasteiger charge is -2.27. The van der Waals surface area contributed by atoms with Gasteiger partial charge in [0.15, 0.2) is 0 Å². The topological polar surface area (TPSA) is 38.3 Å². The van der Waals surface area contributed by atoms with Gasteiger partial charge in [0.25, 0.3) is 0 Å². The first-order valence-corrected chi connectivity index (χ1v) is 4.74. The minimum absolute atomic E-state index is 0.323. The molecule has 0 saturated heterocycles. The summed E-state index contributed by atoms with van der Waals surface area (Å²) in [6.45, 7) is 3.86. The van der Waals surface area contributed by atoms with Crippen LogP contribution in [0.4, 0.5) is 18.0 Å². The highest BCUT2D eigenvalue weighted by molar-refractivity contribution is 5.67. The first kappa shape index (κ1) is 14.1. The fourth-order valence-electron chi connectivity index (χ4n) is 0.693. The summed E-state index contributed by atoms with van der Waals surface area (Å²) < 4.78 is 41.1. The van der Waals surface area contributed by atoms with Gasteiger partial charge in [-0.25, -0.2) is 4.79 Å². The van der Waals surface area contributed by atoms with Crippen molar-refractivity contribution in [2.24, 2.45) is 0 Å². The fourth-order valence-corrected chi connectivity index (χ4v) is 0.693.